The van der Waals surface area contributed by atoms with Crippen molar-refractivity contribution in [2.45, 2.75) is 6.18 Å². The molecule has 21 heavy (non-hydrogen) atoms. The fraction of sp³-hybridized carbons (Fsp3) is 0.0769. The molecule has 0 unspecified atom stereocenters. The van der Waals surface area contributed by atoms with Gasteiger partial charge >= 0.3 is 6.18 Å². The normalized spacial score (nSPS) is 11.4. The minimum Gasteiger partial charge on any atom is -0.397 e. The van der Waals surface area contributed by atoms with Gasteiger partial charge in [-0.2, -0.15) is 13.2 Å². The zero-order valence-corrected chi connectivity index (χ0v) is 10.4. The van der Waals surface area contributed by atoms with Crippen LogP contribution in [0.1, 0.15) is 16.1 Å². The fourth-order valence-electron chi connectivity index (χ4n) is 1.72. The number of rotatable bonds is 2. The molecule has 0 spiro atoms. The van der Waals surface area contributed by atoms with Gasteiger partial charge in [-0.25, -0.2) is 9.37 Å². The number of carbonyl (C=O) groups excluding carboxylic acids is 1. The van der Waals surface area contributed by atoms with E-state index in [1.165, 1.54) is 12.1 Å². The zero-order valence-electron chi connectivity index (χ0n) is 10.4. The van der Waals surface area contributed by atoms with Gasteiger partial charge in [0.1, 0.15) is 5.82 Å². The highest BCUT2D eigenvalue weighted by Crippen LogP contribution is 2.32. The van der Waals surface area contributed by atoms with E-state index in [1.807, 2.05) is 0 Å². The van der Waals surface area contributed by atoms with E-state index in [0.29, 0.717) is 6.07 Å². The molecule has 4 N–H and O–H groups in total. The molecule has 1 aromatic carbocycles. The Morgan fingerprint density at radius 1 is 1.14 bits per heavy atom. The Balaban J connectivity index is 2.53. The van der Waals surface area contributed by atoms with E-state index in [1.54, 1.807) is 0 Å². The van der Waals surface area contributed by atoms with Crippen molar-refractivity contribution in [2.75, 3.05) is 5.73 Å². The Labute approximate surface area is 116 Å². The molecule has 2 aromatic rings. The highest BCUT2D eigenvalue weighted by Gasteiger charge is 2.31. The van der Waals surface area contributed by atoms with Gasteiger partial charge in [0.05, 0.1) is 16.9 Å². The van der Waals surface area contributed by atoms with Gasteiger partial charge in [-0.15, -0.1) is 0 Å². The monoisotopic (exact) mass is 299 g/mol. The number of nitrogen functional groups attached to an aromatic ring is 1. The van der Waals surface area contributed by atoms with E-state index in [0.717, 1.165) is 12.1 Å². The lowest BCUT2D eigenvalue weighted by Gasteiger charge is -2.10. The van der Waals surface area contributed by atoms with Crippen molar-refractivity contribution in [3.63, 3.8) is 0 Å². The predicted octanol–water partition coefficient (Wildman–Crippen LogP) is 2.59. The first-order chi connectivity index (χ1) is 9.70. The number of amides is 1. The fourth-order valence-corrected chi connectivity index (χ4v) is 1.72. The van der Waals surface area contributed by atoms with Crippen LogP contribution in [-0.2, 0) is 6.18 Å². The molecule has 2 rings (SSSR count). The average molecular weight is 299 g/mol. The van der Waals surface area contributed by atoms with Crippen LogP contribution in [0.25, 0.3) is 11.3 Å². The van der Waals surface area contributed by atoms with Crippen LogP contribution >= 0.6 is 0 Å². The van der Waals surface area contributed by atoms with E-state index in [-0.39, 0.29) is 22.6 Å². The molecule has 0 saturated heterocycles. The first-order valence-corrected chi connectivity index (χ1v) is 5.63. The minimum absolute atomic E-state index is 0.00132. The lowest BCUT2D eigenvalue weighted by Crippen LogP contribution is -2.16. The number of carbonyl (C=O) groups is 1. The summed E-state index contributed by atoms with van der Waals surface area (Å²) < 4.78 is 51.2. The van der Waals surface area contributed by atoms with Crippen molar-refractivity contribution in [1.29, 1.82) is 0 Å². The van der Waals surface area contributed by atoms with Crippen molar-refractivity contribution in [3.8, 4) is 11.3 Å². The Morgan fingerprint density at radius 3 is 2.33 bits per heavy atom. The summed E-state index contributed by atoms with van der Waals surface area (Å²) in [6, 6.07) is 4.58. The van der Waals surface area contributed by atoms with Crippen molar-refractivity contribution >= 4 is 11.6 Å². The Morgan fingerprint density at radius 2 is 1.81 bits per heavy atom. The molecule has 8 heteroatoms. The zero-order chi connectivity index (χ0) is 15.8. The molecule has 110 valence electrons. The summed E-state index contributed by atoms with van der Waals surface area (Å²) in [5, 5.41) is 0. The summed E-state index contributed by atoms with van der Waals surface area (Å²) in [6.07, 6.45) is -4.65. The first-order valence-electron chi connectivity index (χ1n) is 5.63. The van der Waals surface area contributed by atoms with Crippen LogP contribution in [-0.4, -0.2) is 10.9 Å². The maximum Gasteiger partial charge on any atom is 0.416 e. The molecular formula is C13H9F4N3O. The van der Waals surface area contributed by atoms with Crippen molar-refractivity contribution in [1.82, 2.24) is 4.98 Å². The molecule has 1 aromatic heterocycles. The highest BCUT2D eigenvalue weighted by molar-refractivity contribution is 5.96. The van der Waals surface area contributed by atoms with Crippen molar-refractivity contribution in [2.24, 2.45) is 5.73 Å². The maximum absolute atomic E-state index is 13.8. The van der Waals surface area contributed by atoms with Crippen LogP contribution < -0.4 is 11.5 Å². The van der Waals surface area contributed by atoms with Crippen molar-refractivity contribution < 1.29 is 22.4 Å². The minimum atomic E-state index is -4.65. The topological polar surface area (TPSA) is 82.0 Å². The Bertz CT molecular complexity index is 713. The average Bonchev–Trinajstić information content (AvgIpc) is 2.38. The number of alkyl halides is 3. The molecule has 0 saturated carbocycles. The number of anilines is 1. The van der Waals surface area contributed by atoms with Crippen LogP contribution in [0, 0.1) is 5.82 Å². The standard InChI is InChI=1S/C13H9F4N3O/c14-8-5-6(13(15,16)17)1-2-7(8)10-4-3-9(18)11(20-10)12(19)21/h1-5H,18H2,(H2,19,21). The molecular weight excluding hydrogens is 290 g/mol. The third-order valence-corrected chi connectivity index (χ3v) is 2.73. The quantitative estimate of drug-likeness (QED) is 0.836. The summed E-state index contributed by atoms with van der Waals surface area (Å²) in [6.45, 7) is 0. The second-order valence-electron chi connectivity index (χ2n) is 4.19. The number of aromatic nitrogens is 1. The largest absolute Gasteiger partial charge is 0.416 e. The Kier molecular flexibility index (Phi) is 3.54. The SMILES string of the molecule is NC(=O)c1nc(-c2ccc(C(F)(F)F)cc2F)ccc1N. The summed E-state index contributed by atoms with van der Waals surface area (Å²) in [5.41, 5.74) is 8.92. The number of primary amides is 1. The summed E-state index contributed by atoms with van der Waals surface area (Å²) in [4.78, 5) is 14.9. The van der Waals surface area contributed by atoms with Crippen molar-refractivity contribution in [3.05, 3.63) is 47.4 Å². The molecule has 0 bridgehead atoms. The molecule has 0 aliphatic carbocycles. The molecule has 1 amide bonds. The van der Waals surface area contributed by atoms with Gasteiger partial charge in [-0.3, -0.25) is 4.79 Å². The van der Waals surface area contributed by atoms with Crippen LogP contribution in [0.3, 0.4) is 0 Å². The number of nitrogens with zero attached hydrogens (tertiary/aromatic N) is 1. The number of hydrogen-bond donors (Lipinski definition) is 2. The molecule has 0 fully saturated rings. The number of halogens is 4. The lowest BCUT2D eigenvalue weighted by atomic mass is 10.1. The van der Waals surface area contributed by atoms with Gasteiger partial charge in [0, 0.05) is 5.56 Å². The van der Waals surface area contributed by atoms with Gasteiger partial charge < -0.3 is 11.5 Å². The van der Waals surface area contributed by atoms with Gasteiger partial charge in [0.15, 0.2) is 5.69 Å². The number of benzene rings is 1. The van der Waals surface area contributed by atoms with E-state index in [4.69, 9.17) is 11.5 Å². The van der Waals surface area contributed by atoms with Gasteiger partial charge in [-0.05, 0) is 30.3 Å². The molecule has 4 nitrogen and oxygen atoms in total. The predicted molar refractivity (Wildman–Crippen MR) is 67.6 cm³/mol. The lowest BCUT2D eigenvalue weighted by molar-refractivity contribution is -0.137. The molecule has 0 radical (unpaired) electrons. The highest BCUT2D eigenvalue weighted by atomic mass is 19.4. The summed E-state index contributed by atoms with van der Waals surface area (Å²) in [7, 11) is 0. The maximum atomic E-state index is 13.8. The van der Waals surface area contributed by atoms with Crippen LogP contribution in [0.4, 0.5) is 23.2 Å². The van der Waals surface area contributed by atoms with E-state index < -0.39 is 23.5 Å². The summed E-state index contributed by atoms with van der Waals surface area (Å²) in [5.74, 6) is -2.03. The third kappa shape index (κ3) is 2.93. The van der Waals surface area contributed by atoms with E-state index >= 15 is 0 Å². The molecule has 0 aliphatic rings. The van der Waals surface area contributed by atoms with Gasteiger partial charge in [0.25, 0.3) is 5.91 Å². The van der Waals surface area contributed by atoms with Gasteiger partial charge in [-0.1, -0.05) is 0 Å². The first kappa shape index (κ1) is 14.8. The second kappa shape index (κ2) is 5.04. The number of pyridine rings is 1. The second-order valence-corrected chi connectivity index (χ2v) is 4.19. The van der Waals surface area contributed by atoms with Crippen LogP contribution in [0.15, 0.2) is 30.3 Å². The smallest absolute Gasteiger partial charge is 0.397 e. The molecule has 1 heterocycles. The van der Waals surface area contributed by atoms with Crippen LogP contribution in [0.5, 0.6) is 0 Å². The van der Waals surface area contributed by atoms with Crippen LogP contribution in [0.2, 0.25) is 0 Å². The summed E-state index contributed by atoms with van der Waals surface area (Å²) >= 11 is 0. The number of hydrogen-bond acceptors (Lipinski definition) is 3. The van der Waals surface area contributed by atoms with E-state index in [9.17, 15) is 22.4 Å². The van der Waals surface area contributed by atoms with E-state index in [2.05, 4.69) is 4.98 Å². The molecule has 0 aliphatic heterocycles. The Hall–Kier alpha value is -2.64. The molecule has 0 atom stereocenters. The number of nitrogens with two attached hydrogens (primary N) is 2. The van der Waals surface area contributed by atoms with Gasteiger partial charge in [0.2, 0.25) is 0 Å². The third-order valence-electron chi connectivity index (χ3n) is 2.73.